The Kier molecular flexibility index (Phi) is 7.38. The van der Waals surface area contributed by atoms with E-state index < -0.39 is 0 Å². The van der Waals surface area contributed by atoms with Crippen molar-refractivity contribution in [3.63, 3.8) is 0 Å². The first-order valence-corrected chi connectivity index (χ1v) is 11.2. The molecule has 1 aromatic carbocycles. The number of nitrogens with zero attached hydrogens (tertiary/aromatic N) is 2. The zero-order valence-electron chi connectivity index (χ0n) is 16.4. The van der Waals surface area contributed by atoms with Crippen LogP contribution in [-0.2, 0) is 4.79 Å². The van der Waals surface area contributed by atoms with Crippen LogP contribution in [0.2, 0.25) is 10.0 Å². The molecule has 1 aromatic heterocycles. The minimum Gasteiger partial charge on any atom is -0.356 e. The van der Waals surface area contributed by atoms with E-state index >= 15 is 0 Å². The summed E-state index contributed by atoms with van der Waals surface area (Å²) in [4.78, 5) is 31.4. The molecule has 1 aliphatic heterocycles. The zero-order valence-corrected chi connectivity index (χ0v) is 18.7. The van der Waals surface area contributed by atoms with Crippen LogP contribution in [-0.4, -0.2) is 41.3 Å². The fourth-order valence-corrected chi connectivity index (χ4v) is 4.12. The first-order valence-electron chi connectivity index (χ1n) is 9.58. The predicted molar refractivity (Wildman–Crippen MR) is 118 cm³/mol. The number of benzene rings is 1. The molecule has 6 nitrogen and oxygen atoms in total. The minimum absolute atomic E-state index is 0.0245. The quantitative estimate of drug-likeness (QED) is 0.655. The number of halogens is 2. The molecule has 0 bridgehead atoms. The lowest BCUT2D eigenvalue weighted by Gasteiger charge is -2.31. The number of amides is 2. The van der Waals surface area contributed by atoms with Crippen LogP contribution in [0.3, 0.4) is 0 Å². The third kappa shape index (κ3) is 5.84. The summed E-state index contributed by atoms with van der Waals surface area (Å²) in [6.07, 6.45) is 1.61. The highest BCUT2D eigenvalue weighted by Crippen LogP contribution is 2.28. The maximum atomic E-state index is 12.9. The lowest BCUT2D eigenvalue weighted by atomic mass is 9.96. The summed E-state index contributed by atoms with van der Waals surface area (Å²) < 4.78 is 0. The number of carbonyl (C=O) groups is 2. The molecule has 156 valence electrons. The van der Waals surface area contributed by atoms with Crippen LogP contribution in [0.5, 0.6) is 0 Å². The first-order chi connectivity index (χ1) is 13.8. The van der Waals surface area contributed by atoms with E-state index in [0.717, 1.165) is 18.5 Å². The van der Waals surface area contributed by atoms with Crippen LogP contribution in [0, 0.1) is 11.8 Å². The van der Waals surface area contributed by atoms with Gasteiger partial charge in [0.2, 0.25) is 5.91 Å². The molecular formula is C20H24Cl2N4O2S. The lowest BCUT2D eigenvalue weighted by Crippen LogP contribution is -2.46. The van der Waals surface area contributed by atoms with Crippen molar-refractivity contribution in [1.29, 1.82) is 0 Å². The number of nitrogens with one attached hydrogen (secondary N) is 2. The van der Waals surface area contributed by atoms with E-state index in [2.05, 4.69) is 29.5 Å². The van der Waals surface area contributed by atoms with E-state index in [0.29, 0.717) is 46.4 Å². The van der Waals surface area contributed by atoms with Gasteiger partial charge in [0.15, 0.2) is 5.13 Å². The molecule has 2 amide bonds. The molecule has 2 N–H and O–H groups in total. The summed E-state index contributed by atoms with van der Waals surface area (Å²) in [6.45, 7) is 5.83. The Labute approximate surface area is 184 Å². The topological polar surface area (TPSA) is 74.3 Å². The van der Waals surface area contributed by atoms with Crippen LogP contribution in [0.25, 0.3) is 0 Å². The summed E-state index contributed by atoms with van der Waals surface area (Å²) in [6, 6.07) is 5.20. The fourth-order valence-electron chi connectivity index (χ4n) is 3.11. The van der Waals surface area contributed by atoms with Crippen LogP contribution in [0.1, 0.15) is 37.2 Å². The van der Waals surface area contributed by atoms with Crippen molar-refractivity contribution >= 4 is 57.2 Å². The van der Waals surface area contributed by atoms with E-state index in [-0.39, 0.29) is 17.7 Å². The smallest absolute Gasteiger partial charge is 0.273 e. The Morgan fingerprint density at radius 2 is 2.10 bits per heavy atom. The number of likely N-dealkylation sites (tertiary alicyclic amines) is 1. The Hall–Kier alpha value is -1.83. The number of thiazole rings is 1. The van der Waals surface area contributed by atoms with Gasteiger partial charge in [0.1, 0.15) is 5.69 Å². The normalized spacial score (nSPS) is 16.7. The Bertz CT molecular complexity index is 887. The Balaban J connectivity index is 1.61. The van der Waals surface area contributed by atoms with Crippen molar-refractivity contribution in [3.05, 3.63) is 39.3 Å². The third-order valence-corrected chi connectivity index (χ3v) is 6.15. The second-order valence-electron chi connectivity index (χ2n) is 7.52. The van der Waals surface area contributed by atoms with Crippen molar-refractivity contribution in [3.8, 4) is 0 Å². The second-order valence-corrected chi connectivity index (χ2v) is 9.19. The molecule has 0 saturated carbocycles. The van der Waals surface area contributed by atoms with Crippen molar-refractivity contribution in [1.82, 2.24) is 15.2 Å². The number of aromatic nitrogens is 1. The molecule has 1 fully saturated rings. The van der Waals surface area contributed by atoms with Gasteiger partial charge in [-0.05, 0) is 37.0 Å². The fraction of sp³-hybridized carbons (Fsp3) is 0.450. The van der Waals surface area contributed by atoms with E-state index in [9.17, 15) is 9.59 Å². The number of rotatable bonds is 6. The molecule has 2 aromatic rings. The van der Waals surface area contributed by atoms with Crippen molar-refractivity contribution < 1.29 is 9.59 Å². The number of anilines is 2. The first kappa shape index (κ1) is 21.9. The van der Waals surface area contributed by atoms with Crippen LogP contribution < -0.4 is 10.6 Å². The average Bonchev–Trinajstić information content (AvgIpc) is 3.17. The number of hydrogen-bond acceptors (Lipinski definition) is 5. The van der Waals surface area contributed by atoms with Crippen molar-refractivity contribution in [2.45, 2.75) is 26.7 Å². The molecule has 3 rings (SSSR count). The molecule has 9 heteroatoms. The van der Waals surface area contributed by atoms with Gasteiger partial charge < -0.3 is 15.5 Å². The minimum atomic E-state index is -0.168. The van der Waals surface area contributed by atoms with Gasteiger partial charge in [-0.2, -0.15) is 0 Å². The Morgan fingerprint density at radius 3 is 2.83 bits per heavy atom. The third-order valence-electron chi connectivity index (χ3n) is 4.66. The SMILES string of the molecule is CC(C)CNC(=O)C1CCCN(C(=O)c2csc(Nc3ccc(Cl)c(Cl)c3)n2)C1. The molecule has 0 spiro atoms. The summed E-state index contributed by atoms with van der Waals surface area (Å²) in [5, 5.41) is 9.34. The van der Waals surface area contributed by atoms with Gasteiger partial charge in [-0.1, -0.05) is 37.0 Å². The van der Waals surface area contributed by atoms with Crippen molar-refractivity contribution in [2.24, 2.45) is 11.8 Å². The highest BCUT2D eigenvalue weighted by atomic mass is 35.5. The molecule has 1 aliphatic rings. The van der Waals surface area contributed by atoms with Crippen LogP contribution >= 0.6 is 34.5 Å². The van der Waals surface area contributed by atoms with E-state index in [1.807, 2.05) is 0 Å². The highest BCUT2D eigenvalue weighted by molar-refractivity contribution is 7.14. The van der Waals surface area contributed by atoms with Gasteiger partial charge in [0, 0.05) is 30.7 Å². The van der Waals surface area contributed by atoms with Crippen molar-refractivity contribution in [2.75, 3.05) is 25.0 Å². The number of carbonyl (C=O) groups excluding carboxylic acids is 2. The van der Waals surface area contributed by atoms with E-state index in [1.165, 1.54) is 11.3 Å². The van der Waals surface area contributed by atoms with Gasteiger partial charge in [-0.3, -0.25) is 9.59 Å². The van der Waals surface area contributed by atoms with Gasteiger partial charge in [-0.25, -0.2) is 4.98 Å². The standard InChI is InChI=1S/C20H24Cl2N4O2S/c1-12(2)9-23-18(27)13-4-3-7-26(10-13)19(28)17-11-29-20(25-17)24-14-5-6-15(21)16(22)8-14/h5-6,8,11-13H,3-4,7,9-10H2,1-2H3,(H,23,27)(H,24,25). The van der Waals surface area contributed by atoms with Gasteiger partial charge >= 0.3 is 0 Å². The number of hydrogen-bond donors (Lipinski definition) is 2. The molecule has 1 unspecified atom stereocenters. The number of piperidine rings is 1. The molecule has 29 heavy (non-hydrogen) atoms. The van der Waals surface area contributed by atoms with Crippen LogP contribution in [0.15, 0.2) is 23.6 Å². The largest absolute Gasteiger partial charge is 0.356 e. The van der Waals surface area contributed by atoms with Gasteiger partial charge in [0.25, 0.3) is 5.91 Å². The maximum Gasteiger partial charge on any atom is 0.273 e. The maximum absolute atomic E-state index is 12.9. The van der Waals surface area contributed by atoms with E-state index in [1.54, 1.807) is 28.5 Å². The lowest BCUT2D eigenvalue weighted by molar-refractivity contribution is -0.126. The molecule has 1 saturated heterocycles. The summed E-state index contributed by atoms with van der Waals surface area (Å²) in [5.74, 6) is 0.108. The zero-order chi connectivity index (χ0) is 21.0. The molecule has 0 aliphatic carbocycles. The highest BCUT2D eigenvalue weighted by Gasteiger charge is 2.29. The van der Waals surface area contributed by atoms with Gasteiger partial charge in [-0.15, -0.1) is 11.3 Å². The molecule has 0 radical (unpaired) electrons. The summed E-state index contributed by atoms with van der Waals surface area (Å²) in [7, 11) is 0. The summed E-state index contributed by atoms with van der Waals surface area (Å²) >= 11 is 13.3. The second kappa shape index (κ2) is 9.78. The molecule has 1 atom stereocenters. The summed E-state index contributed by atoms with van der Waals surface area (Å²) in [5.41, 5.74) is 1.12. The Morgan fingerprint density at radius 1 is 1.31 bits per heavy atom. The average molecular weight is 455 g/mol. The van der Waals surface area contributed by atoms with Gasteiger partial charge in [0.05, 0.1) is 16.0 Å². The molecule has 2 heterocycles. The molecular weight excluding hydrogens is 431 g/mol. The van der Waals surface area contributed by atoms with E-state index in [4.69, 9.17) is 23.2 Å². The predicted octanol–water partition coefficient (Wildman–Crippen LogP) is 4.82. The monoisotopic (exact) mass is 454 g/mol. The van der Waals surface area contributed by atoms with Crippen LogP contribution in [0.4, 0.5) is 10.8 Å².